The Kier molecular flexibility index (Phi) is 4.59. The summed E-state index contributed by atoms with van der Waals surface area (Å²) in [5, 5.41) is 4.31. The normalized spacial score (nSPS) is 22.4. The molecular formula is C16H27N3O2. The predicted molar refractivity (Wildman–Crippen MR) is 82.6 cm³/mol. The largest absolute Gasteiger partial charge is 0.481 e. The Bertz CT molecular complexity index is 520. The van der Waals surface area contributed by atoms with E-state index < -0.39 is 0 Å². The van der Waals surface area contributed by atoms with Gasteiger partial charge in [-0.3, -0.25) is 4.79 Å². The predicted octanol–water partition coefficient (Wildman–Crippen LogP) is 2.78. The van der Waals surface area contributed by atoms with E-state index >= 15 is 0 Å². The molecule has 1 aliphatic rings. The third-order valence-electron chi connectivity index (χ3n) is 4.50. The topological polar surface area (TPSA) is 47.4 Å². The highest BCUT2D eigenvalue weighted by atomic mass is 16.5. The number of aryl methyl sites for hydroxylation is 2. The van der Waals surface area contributed by atoms with Crippen LogP contribution in [-0.2, 0) is 7.05 Å². The van der Waals surface area contributed by atoms with Crippen LogP contribution >= 0.6 is 0 Å². The summed E-state index contributed by atoms with van der Waals surface area (Å²) in [6.45, 7) is 8.03. The number of rotatable bonds is 4. The molecule has 0 aliphatic carbocycles. The summed E-state index contributed by atoms with van der Waals surface area (Å²) in [6.07, 6.45) is 4.60. The average Bonchev–Trinajstić information content (AvgIpc) is 2.71. The van der Waals surface area contributed by atoms with Gasteiger partial charge < -0.3 is 9.64 Å². The van der Waals surface area contributed by atoms with Crippen LogP contribution in [0.2, 0.25) is 0 Å². The Morgan fingerprint density at radius 1 is 1.48 bits per heavy atom. The lowest BCUT2D eigenvalue weighted by atomic mass is 9.78. The van der Waals surface area contributed by atoms with Crippen molar-refractivity contribution in [2.24, 2.45) is 12.5 Å². The van der Waals surface area contributed by atoms with E-state index in [1.54, 1.807) is 18.8 Å². The van der Waals surface area contributed by atoms with Crippen LogP contribution in [0.1, 0.15) is 55.6 Å². The van der Waals surface area contributed by atoms with Gasteiger partial charge in [0, 0.05) is 20.1 Å². The number of ether oxygens (including phenoxy) is 1. The molecule has 2 heterocycles. The minimum absolute atomic E-state index is 0.0551. The Morgan fingerprint density at radius 2 is 2.19 bits per heavy atom. The van der Waals surface area contributed by atoms with Gasteiger partial charge in [-0.25, -0.2) is 4.68 Å². The SMILES string of the molecule is CCC[C@]1(C)CCCN(C(=O)c2c(C)nn(C)c2OC)C1. The van der Waals surface area contributed by atoms with E-state index in [9.17, 15) is 4.79 Å². The molecular weight excluding hydrogens is 266 g/mol. The summed E-state index contributed by atoms with van der Waals surface area (Å²) in [5.41, 5.74) is 1.59. The van der Waals surface area contributed by atoms with Crippen LogP contribution in [0, 0.1) is 12.3 Å². The summed E-state index contributed by atoms with van der Waals surface area (Å²) in [4.78, 5) is 14.9. The molecule has 1 aromatic rings. The maximum atomic E-state index is 12.9. The lowest BCUT2D eigenvalue weighted by molar-refractivity contribution is 0.0526. The van der Waals surface area contributed by atoms with E-state index in [-0.39, 0.29) is 11.3 Å². The number of hydrogen-bond acceptors (Lipinski definition) is 3. The monoisotopic (exact) mass is 293 g/mol. The van der Waals surface area contributed by atoms with Gasteiger partial charge in [-0.2, -0.15) is 5.10 Å². The molecule has 1 atom stereocenters. The van der Waals surface area contributed by atoms with E-state index in [1.165, 1.54) is 12.8 Å². The Labute approximate surface area is 127 Å². The van der Waals surface area contributed by atoms with E-state index in [2.05, 4.69) is 18.9 Å². The van der Waals surface area contributed by atoms with Crippen molar-refractivity contribution in [3.63, 3.8) is 0 Å². The quantitative estimate of drug-likeness (QED) is 0.857. The number of nitrogens with zero attached hydrogens (tertiary/aromatic N) is 3. The fourth-order valence-electron chi connectivity index (χ4n) is 3.57. The number of carbonyl (C=O) groups excluding carboxylic acids is 1. The maximum Gasteiger partial charge on any atom is 0.261 e. The molecule has 0 aromatic carbocycles. The first-order valence-corrected chi connectivity index (χ1v) is 7.78. The fourth-order valence-corrected chi connectivity index (χ4v) is 3.57. The first kappa shape index (κ1) is 15.9. The van der Waals surface area contributed by atoms with Crippen LogP contribution in [0.4, 0.5) is 0 Å². The summed E-state index contributed by atoms with van der Waals surface area (Å²) < 4.78 is 7.00. The zero-order valence-electron chi connectivity index (χ0n) is 13.9. The van der Waals surface area contributed by atoms with Crippen molar-refractivity contribution in [1.82, 2.24) is 14.7 Å². The van der Waals surface area contributed by atoms with Gasteiger partial charge in [0.2, 0.25) is 5.88 Å². The second-order valence-corrected chi connectivity index (χ2v) is 6.48. The van der Waals surface area contributed by atoms with Gasteiger partial charge in [0.15, 0.2) is 0 Å². The molecule has 1 amide bonds. The second-order valence-electron chi connectivity index (χ2n) is 6.48. The summed E-state index contributed by atoms with van der Waals surface area (Å²) in [7, 11) is 3.39. The highest BCUT2D eigenvalue weighted by Gasteiger charge is 2.35. The van der Waals surface area contributed by atoms with Crippen LogP contribution in [0.5, 0.6) is 5.88 Å². The molecule has 1 aromatic heterocycles. The first-order valence-electron chi connectivity index (χ1n) is 7.78. The van der Waals surface area contributed by atoms with E-state index in [4.69, 9.17) is 4.74 Å². The third kappa shape index (κ3) is 3.06. The zero-order valence-corrected chi connectivity index (χ0v) is 13.9. The van der Waals surface area contributed by atoms with Crippen molar-refractivity contribution in [3.8, 4) is 5.88 Å². The minimum atomic E-state index is 0.0551. The number of aromatic nitrogens is 2. The first-order chi connectivity index (χ1) is 9.91. The molecule has 1 saturated heterocycles. The van der Waals surface area contributed by atoms with E-state index in [0.29, 0.717) is 11.4 Å². The van der Waals surface area contributed by atoms with Crippen molar-refractivity contribution < 1.29 is 9.53 Å². The molecule has 2 rings (SSSR count). The molecule has 118 valence electrons. The van der Waals surface area contributed by atoms with Crippen LogP contribution in [0.3, 0.4) is 0 Å². The summed E-state index contributed by atoms with van der Waals surface area (Å²) in [6, 6.07) is 0. The van der Waals surface area contributed by atoms with Crippen molar-refractivity contribution in [2.75, 3.05) is 20.2 Å². The Hall–Kier alpha value is -1.52. The molecule has 0 spiro atoms. The van der Waals surface area contributed by atoms with Crippen LogP contribution in [0.15, 0.2) is 0 Å². The van der Waals surface area contributed by atoms with Gasteiger partial charge in [-0.15, -0.1) is 0 Å². The van der Waals surface area contributed by atoms with Gasteiger partial charge >= 0.3 is 0 Å². The molecule has 0 saturated carbocycles. The smallest absolute Gasteiger partial charge is 0.261 e. The number of amides is 1. The number of piperidine rings is 1. The van der Waals surface area contributed by atoms with Crippen LogP contribution in [-0.4, -0.2) is 40.8 Å². The number of likely N-dealkylation sites (tertiary alicyclic amines) is 1. The van der Waals surface area contributed by atoms with Crippen LogP contribution in [0.25, 0.3) is 0 Å². The second kappa shape index (κ2) is 6.08. The molecule has 21 heavy (non-hydrogen) atoms. The highest BCUT2D eigenvalue weighted by Crippen LogP contribution is 2.35. The van der Waals surface area contributed by atoms with Crippen molar-refractivity contribution in [3.05, 3.63) is 11.3 Å². The molecule has 5 nitrogen and oxygen atoms in total. The van der Waals surface area contributed by atoms with Gasteiger partial charge in [-0.05, 0) is 31.6 Å². The molecule has 0 unspecified atom stereocenters. The molecule has 0 radical (unpaired) electrons. The molecule has 0 N–H and O–H groups in total. The number of carbonyl (C=O) groups is 1. The Balaban J connectivity index is 2.24. The van der Waals surface area contributed by atoms with Gasteiger partial charge in [-0.1, -0.05) is 20.3 Å². The van der Waals surface area contributed by atoms with Gasteiger partial charge in [0.05, 0.1) is 12.8 Å². The third-order valence-corrected chi connectivity index (χ3v) is 4.50. The maximum absolute atomic E-state index is 12.9. The summed E-state index contributed by atoms with van der Waals surface area (Å²) in [5.74, 6) is 0.611. The fraction of sp³-hybridized carbons (Fsp3) is 0.750. The Morgan fingerprint density at radius 3 is 2.81 bits per heavy atom. The molecule has 0 bridgehead atoms. The van der Waals surface area contributed by atoms with Crippen molar-refractivity contribution >= 4 is 5.91 Å². The standard InChI is InChI=1S/C16H27N3O2/c1-6-8-16(3)9-7-10-19(11-16)14(20)13-12(2)17-18(4)15(13)21-5/h6-11H2,1-5H3/t16-/m1/s1. The van der Waals surface area contributed by atoms with E-state index in [1.807, 2.05) is 11.8 Å². The molecule has 1 aliphatic heterocycles. The van der Waals surface area contributed by atoms with Gasteiger partial charge in [0.25, 0.3) is 5.91 Å². The average molecular weight is 293 g/mol. The van der Waals surface area contributed by atoms with Crippen molar-refractivity contribution in [1.29, 1.82) is 0 Å². The number of hydrogen-bond donors (Lipinski definition) is 0. The highest BCUT2D eigenvalue weighted by molar-refractivity contribution is 5.97. The molecule has 1 fully saturated rings. The van der Waals surface area contributed by atoms with Crippen LogP contribution < -0.4 is 4.74 Å². The zero-order chi connectivity index (χ0) is 15.6. The summed E-state index contributed by atoms with van der Waals surface area (Å²) >= 11 is 0. The molecule has 5 heteroatoms. The van der Waals surface area contributed by atoms with E-state index in [0.717, 1.165) is 31.6 Å². The number of methoxy groups -OCH3 is 1. The lowest BCUT2D eigenvalue weighted by Gasteiger charge is -2.40. The lowest BCUT2D eigenvalue weighted by Crippen LogP contribution is -2.45. The van der Waals surface area contributed by atoms with Crippen molar-refractivity contribution in [2.45, 2.75) is 46.5 Å². The van der Waals surface area contributed by atoms with Gasteiger partial charge in [0.1, 0.15) is 5.56 Å². The minimum Gasteiger partial charge on any atom is -0.481 e.